The Kier molecular flexibility index (Phi) is 3.88. The van der Waals surface area contributed by atoms with Gasteiger partial charge < -0.3 is 5.11 Å². The van der Waals surface area contributed by atoms with E-state index in [0.29, 0.717) is 5.56 Å². The smallest absolute Gasteiger partial charge is 0.142 e. The van der Waals surface area contributed by atoms with Gasteiger partial charge in [-0.05, 0) is 35.0 Å². The fourth-order valence-corrected chi connectivity index (χ4v) is 3.30. The van der Waals surface area contributed by atoms with E-state index >= 15 is 0 Å². The van der Waals surface area contributed by atoms with Gasteiger partial charge in [0.1, 0.15) is 11.9 Å². The molecule has 1 N–H and O–H groups in total. The average molecular weight is 336 g/mol. The third-order valence-corrected chi connectivity index (χ3v) is 5.01. The van der Waals surface area contributed by atoms with Crippen molar-refractivity contribution in [1.29, 1.82) is 0 Å². The molecule has 0 fully saturated rings. The van der Waals surface area contributed by atoms with E-state index < -0.39 is 11.9 Å². The van der Waals surface area contributed by atoms with Gasteiger partial charge in [-0.1, -0.05) is 23.7 Å². The molecule has 0 spiro atoms. The summed E-state index contributed by atoms with van der Waals surface area (Å²) in [6.45, 7) is 1.94. The quantitative estimate of drug-likeness (QED) is 0.844. The molecule has 17 heavy (non-hydrogen) atoms. The molecule has 0 saturated carbocycles. The minimum Gasteiger partial charge on any atom is -0.383 e. The number of rotatable bonds is 2. The lowest BCUT2D eigenvalue weighted by Crippen LogP contribution is -1.99. The summed E-state index contributed by atoms with van der Waals surface area (Å²) >= 11 is 10.7. The molecule has 1 unspecified atom stereocenters. The van der Waals surface area contributed by atoms with Gasteiger partial charge in [0.25, 0.3) is 0 Å². The minimum atomic E-state index is -0.895. The highest BCUT2D eigenvalue weighted by atomic mass is 79.9. The van der Waals surface area contributed by atoms with Crippen molar-refractivity contribution >= 4 is 38.9 Å². The lowest BCUT2D eigenvalue weighted by atomic mass is 10.1. The molecule has 90 valence electrons. The molecule has 1 aromatic heterocycles. The molecule has 2 rings (SSSR count). The maximum absolute atomic E-state index is 13.3. The molecule has 0 saturated heterocycles. The van der Waals surface area contributed by atoms with Crippen LogP contribution in [0.5, 0.6) is 0 Å². The normalized spacial score (nSPS) is 12.8. The standard InChI is InChI=1S/C12H9BrClFOS/c1-6-8(13)5-10(17-6)12(16)7-3-2-4-9(15)11(7)14/h2-5,12,16H,1H3. The summed E-state index contributed by atoms with van der Waals surface area (Å²) in [5.74, 6) is -0.518. The van der Waals surface area contributed by atoms with Gasteiger partial charge in [0.05, 0.1) is 5.02 Å². The van der Waals surface area contributed by atoms with Gasteiger partial charge in [0.15, 0.2) is 0 Å². The number of aliphatic hydroxyl groups excluding tert-OH is 1. The SMILES string of the molecule is Cc1sc(C(O)c2cccc(F)c2Cl)cc1Br. The summed E-state index contributed by atoms with van der Waals surface area (Å²) in [7, 11) is 0. The van der Waals surface area contributed by atoms with Gasteiger partial charge in [0, 0.05) is 19.8 Å². The zero-order valence-corrected chi connectivity index (χ0v) is 12.0. The van der Waals surface area contributed by atoms with Gasteiger partial charge in [-0.3, -0.25) is 0 Å². The molecule has 0 aliphatic heterocycles. The first-order valence-electron chi connectivity index (χ1n) is 4.88. The first-order chi connectivity index (χ1) is 8.00. The lowest BCUT2D eigenvalue weighted by molar-refractivity contribution is 0.223. The van der Waals surface area contributed by atoms with E-state index in [1.807, 2.05) is 13.0 Å². The number of benzene rings is 1. The van der Waals surface area contributed by atoms with Crippen LogP contribution in [0.2, 0.25) is 5.02 Å². The molecule has 1 nitrogen and oxygen atoms in total. The highest BCUT2D eigenvalue weighted by Gasteiger charge is 2.18. The lowest BCUT2D eigenvalue weighted by Gasteiger charge is -2.11. The van der Waals surface area contributed by atoms with Gasteiger partial charge >= 0.3 is 0 Å². The van der Waals surface area contributed by atoms with Gasteiger partial charge in [-0.2, -0.15) is 0 Å². The second-order valence-electron chi connectivity index (χ2n) is 3.60. The monoisotopic (exact) mass is 334 g/mol. The van der Waals surface area contributed by atoms with Gasteiger partial charge in [-0.25, -0.2) is 4.39 Å². The second-order valence-corrected chi connectivity index (χ2v) is 6.12. The van der Waals surface area contributed by atoms with Crippen LogP contribution in [0.25, 0.3) is 0 Å². The zero-order chi connectivity index (χ0) is 12.6. The highest BCUT2D eigenvalue weighted by molar-refractivity contribution is 9.10. The molecule has 1 atom stereocenters. The highest BCUT2D eigenvalue weighted by Crippen LogP contribution is 2.36. The average Bonchev–Trinajstić information content (AvgIpc) is 2.62. The Morgan fingerprint density at radius 1 is 1.47 bits per heavy atom. The van der Waals surface area contributed by atoms with Crippen LogP contribution in [0.15, 0.2) is 28.7 Å². The van der Waals surface area contributed by atoms with E-state index in [4.69, 9.17) is 11.6 Å². The van der Waals surface area contributed by atoms with Crippen LogP contribution in [-0.2, 0) is 0 Å². The van der Waals surface area contributed by atoms with Gasteiger partial charge in [-0.15, -0.1) is 11.3 Å². The van der Waals surface area contributed by atoms with Crippen LogP contribution in [-0.4, -0.2) is 5.11 Å². The Morgan fingerprint density at radius 2 is 2.18 bits per heavy atom. The van der Waals surface area contributed by atoms with Crippen molar-refractivity contribution < 1.29 is 9.50 Å². The summed E-state index contributed by atoms with van der Waals surface area (Å²) in [5, 5.41) is 10.1. The summed E-state index contributed by atoms with van der Waals surface area (Å²) < 4.78 is 14.2. The van der Waals surface area contributed by atoms with Crippen molar-refractivity contribution in [3.63, 3.8) is 0 Å². The molecular weight excluding hydrogens is 327 g/mol. The predicted molar refractivity (Wildman–Crippen MR) is 72.2 cm³/mol. The van der Waals surface area contributed by atoms with Gasteiger partial charge in [0.2, 0.25) is 0 Å². The molecule has 2 aromatic rings. The molecule has 0 amide bonds. The Morgan fingerprint density at radius 3 is 2.76 bits per heavy atom. The van der Waals surface area contributed by atoms with Crippen LogP contribution in [0.1, 0.15) is 21.4 Å². The number of aryl methyl sites for hydroxylation is 1. The van der Waals surface area contributed by atoms with E-state index in [1.165, 1.54) is 23.5 Å². The van der Waals surface area contributed by atoms with Crippen LogP contribution in [0, 0.1) is 12.7 Å². The maximum Gasteiger partial charge on any atom is 0.142 e. The number of thiophene rings is 1. The fraction of sp³-hybridized carbons (Fsp3) is 0.167. The molecule has 0 aliphatic carbocycles. The van der Waals surface area contributed by atoms with Crippen molar-refractivity contribution in [2.45, 2.75) is 13.0 Å². The first-order valence-corrected chi connectivity index (χ1v) is 6.87. The minimum absolute atomic E-state index is 0.0258. The maximum atomic E-state index is 13.3. The van der Waals surface area contributed by atoms with E-state index in [-0.39, 0.29) is 5.02 Å². The Bertz CT molecular complexity index is 536. The number of halogens is 3. The van der Waals surface area contributed by atoms with Crippen molar-refractivity contribution in [3.05, 3.63) is 54.9 Å². The van der Waals surface area contributed by atoms with E-state index in [2.05, 4.69) is 15.9 Å². The van der Waals surface area contributed by atoms with Crippen LogP contribution in [0.4, 0.5) is 4.39 Å². The summed E-state index contributed by atoms with van der Waals surface area (Å²) in [6.07, 6.45) is -0.895. The molecule has 5 heteroatoms. The number of hydrogen-bond acceptors (Lipinski definition) is 2. The van der Waals surface area contributed by atoms with Crippen LogP contribution in [0.3, 0.4) is 0 Å². The number of hydrogen-bond donors (Lipinski definition) is 1. The summed E-state index contributed by atoms with van der Waals surface area (Å²) in [4.78, 5) is 1.80. The van der Waals surface area contributed by atoms with Crippen molar-refractivity contribution in [1.82, 2.24) is 0 Å². The van der Waals surface area contributed by atoms with Crippen molar-refractivity contribution in [2.24, 2.45) is 0 Å². The summed E-state index contributed by atoms with van der Waals surface area (Å²) in [5.41, 5.74) is 0.389. The molecule has 0 aliphatic rings. The van der Waals surface area contributed by atoms with E-state index in [1.54, 1.807) is 6.07 Å². The molecule has 0 bridgehead atoms. The zero-order valence-electron chi connectivity index (χ0n) is 8.88. The first kappa shape index (κ1) is 13.0. The largest absolute Gasteiger partial charge is 0.383 e. The Labute approximate surface area is 116 Å². The second kappa shape index (κ2) is 5.06. The van der Waals surface area contributed by atoms with Crippen molar-refractivity contribution in [2.75, 3.05) is 0 Å². The number of aliphatic hydroxyl groups is 1. The van der Waals surface area contributed by atoms with Crippen molar-refractivity contribution in [3.8, 4) is 0 Å². The predicted octanol–water partition coefficient (Wildman–Crippen LogP) is 4.69. The summed E-state index contributed by atoms with van der Waals surface area (Å²) in [6, 6.07) is 6.26. The van der Waals surface area contributed by atoms with E-state index in [9.17, 15) is 9.50 Å². The van der Waals surface area contributed by atoms with Crippen LogP contribution < -0.4 is 0 Å². The third kappa shape index (κ3) is 2.55. The Hall–Kier alpha value is -0.420. The molecule has 1 aromatic carbocycles. The molecule has 1 heterocycles. The molecule has 0 radical (unpaired) electrons. The molecular formula is C12H9BrClFOS. The fourth-order valence-electron chi connectivity index (χ4n) is 1.50. The topological polar surface area (TPSA) is 20.2 Å². The van der Waals surface area contributed by atoms with Crippen LogP contribution >= 0.6 is 38.9 Å². The third-order valence-electron chi connectivity index (χ3n) is 2.42. The van der Waals surface area contributed by atoms with E-state index in [0.717, 1.165) is 14.2 Å². The Balaban J connectivity index is 2.43.